The molecule has 25 heavy (non-hydrogen) atoms. The standard InChI is InChI=1S/C21H28N2O2/c1-21(2,3)25-20(24)22-18-14-23(15-18)19(16-10-6-4-7-11-16)17-12-8-5-9-13-17/h4-13,18-20,22,24H,14-15H2,1-3H3. The molecule has 3 rings (SSSR count). The van der Waals surface area contributed by atoms with Crippen molar-refractivity contribution >= 4 is 0 Å². The largest absolute Gasteiger partial charge is 0.356 e. The van der Waals surface area contributed by atoms with Crippen molar-refractivity contribution in [1.82, 2.24) is 10.2 Å². The van der Waals surface area contributed by atoms with E-state index in [0.717, 1.165) is 13.1 Å². The summed E-state index contributed by atoms with van der Waals surface area (Å²) in [5.41, 5.74) is 2.21. The van der Waals surface area contributed by atoms with E-state index in [4.69, 9.17) is 4.74 Å². The lowest BCUT2D eigenvalue weighted by molar-refractivity contribution is -0.191. The highest BCUT2D eigenvalue weighted by molar-refractivity contribution is 5.32. The fourth-order valence-electron chi connectivity index (χ4n) is 3.28. The molecule has 0 spiro atoms. The lowest BCUT2D eigenvalue weighted by Gasteiger charge is -2.46. The van der Waals surface area contributed by atoms with Crippen LogP contribution in [-0.4, -0.2) is 41.2 Å². The Kier molecular flexibility index (Phi) is 5.54. The second kappa shape index (κ2) is 7.67. The lowest BCUT2D eigenvalue weighted by atomic mass is 9.93. The van der Waals surface area contributed by atoms with Crippen LogP contribution >= 0.6 is 0 Å². The molecule has 4 nitrogen and oxygen atoms in total. The van der Waals surface area contributed by atoms with E-state index >= 15 is 0 Å². The molecule has 0 radical (unpaired) electrons. The first-order valence-electron chi connectivity index (χ1n) is 8.88. The van der Waals surface area contributed by atoms with Gasteiger partial charge in [-0.2, -0.15) is 0 Å². The molecule has 1 heterocycles. The Hall–Kier alpha value is -1.72. The second-order valence-electron chi connectivity index (χ2n) is 7.62. The van der Waals surface area contributed by atoms with Gasteiger partial charge in [-0.1, -0.05) is 60.7 Å². The predicted octanol–water partition coefficient (Wildman–Crippen LogP) is 3.14. The summed E-state index contributed by atoms with van der Waals surface area (Å²) in [7, 11) is 0. The third-order valence-electron chi connectivity index (χ3n) is 4.35. The summed E-state index contributed by atoms with van der Waals surface area (Å²) in [6.07, 6.45) is -0.931. The maximum Gasteiger partial charge on any atom is 0.214 e. The number of ether oxygens (including phenoxy) is 1. The molecule has 2 aromatic rings. The summed E-state index contributed by atoms with van der Waals surface area (Å²) in [4.78, 5) is 2.42. The number of aliphatic hydroxyl groups is 1. The van der Waals surface area contributed by atoms with E-state index in [2.05, 4.69) is 58.7 Å². The van der Waals surface area contributed by atoms with Crippen molar-refractivity contribution in [1.29, 1.82) is 0 Å². The van der Waals surface area contributed by atoms with E-state index in [1.807, 2.05) is 32.9 Å². The average molecular weight is 340 g/mol. The van der Waals surface area contributed by atoms with E-state index in [1.165, 1.54) is 11.1 Å². The van der Waals surface area contributed by atoms with E-state index < -0.39 is 6.41 Å². The normalized spacial score (nSPS) is 17.5. The average Bonchev–Trinajstić information content (AvgIpc) is 2.53. The second-order valence-corrected chi connectivity index (χ2v) is 7.62. The zero-order valence-corrected chi connectivity index (χ0v) is 15.2. The van der Waals surface area contributed by atoms with Crippen LogP contribution < -0.4 is 5.32 Å². The van der Waals surface area contributed by atoms with Crippen molar-refractivity contribution in [3.8, 4) is 0 Å². The minimum absolute atomic E-state index is 0.229. The summed E-state index contributed by atoms with van der Waals surface area (Å²) in [6, 6.07) is 21.6. The Balaban J connectivity index is 1.65. The van der Waals surface area contributed by atoms with Crippen molar-refractivity contribution in [2.24, 2.45) is 0 Å². The first-order chi connectivity index (χ1) is 11.9. The molecule has 0 aliphatic carbocycles. The van der Waals surface area contributed by atoms with Crippen molar-refractivity contribution in [3.63, 3.8) is 0 Å². The van der Waals surface area contributed by atoms with Crippen LogP contribution in [0.3, 0.4) is 0 Å². The van der Waals surface area contributed by atoms with Gasteiger partial charge in [0.15, 0.2) is 0 Å². The summed E-state index contributed by atoms with van der Waals surface area (Å²) < 4.78 is 5.53. The maximum atomic E-state index is 10.0. The molecule has 1 aliphatic rings. The molecule has 1 unspecified atom stereocenters. The lowest BCUT2D eigenvalue weighted by Crippen LogP contribution is -2.61. The van der Waals surface area contributed by atoms with Crippen molar-refractivity contribution < 1.29 is 9.84 Å². The molecule has 1 aliphatic heterocycles. The Morgan fingerprint density at radius 1 is 0.960 bits per heavy atom. The zero-order chi connectivity index (χ0) is 17.9. The quantitative estimate of drug-likeness (QED) is 0.793. The minimum Gasteiger partial charge on any atom is -0.356 e. The third-order valence-corrected chi connectivity index (χ3v) is 4.35. The van der Waals surface area contributed by atoms with Crippen LogP contribution in [0.4, 0.5) is 0 Å². The molecule has 134 valence electrons. The van der Waals surface area contributed by atoms with Crippen LogP contribution in [0.25, 0.3) is 0 Å². The molecule has 2 N–H and O–H groups in total. The van der Waals surface area contributed by atoms with Crippen LogP contribution in [0.2, 0.25) is 0 Å². The van der Waals surface area contributed by atoms with Crippen LogP contribution in [0, 0.1) is 0 Å². The van der Waals surface area contributed by atoms with Gasteiger partial charge in [0, 0.05) is 19.1 Å². The molecule has 0 saturated carbocycles. The summed E-state index contributed by atoms with van der Waals surface area (Å²) >= 11 is 0. The van der Waals surface area contributed by atoms with Gasteiger partial charge in [0.05, 0.1) is 11.6 Å². The third kappa shape index (κ3) is 4.89. The van der Waals surface area contributed by atoms with Gasteiger partial charge in [0.2, 0.25) is 6.41 Å². The highest BCUT2D eigenvalue weighted by Gasteiger charge is 2.35. The molecule has 4 heteroatoms. The van der Waals surface area contributed by atoms with E-state index in [1.54, 1.807) is 0 Å². The van der Waals surface area contributed by atoms with Gasteiger partial charge in [-0.25, -0.2) is 0 Å². The van der Waals surface area contributed by atoms with Gasteiger partial charge in [-0.15, -0.1) is 0 Å². The predicted molar refractivity (Wildman–Crippen MR) is 100 cm³/mol. The van der Waals surface area contributed by atoms with Gasteiger partial charge < -0.3 is 9.84 Å². The molecule has 0 bridgehead atoms. The molecular weight excluding hydrogens is 312 g/mol. The molecule has 2 aromatic carbocycles. The fourth-order valence-corrected chi connectivity index (χ4v) is 3.28. The monoisotopic (exact) mass is 340 g/mol. The molecule has 0 aromatic heterocycles. The number of nitrogens with one attached hydrogen (secondary N) is 1. The molecule has 1 fully saturated rings. The van der Waals surface area contributed by atoms with Crippen molar-refractivity contribution in [2.45, 2.75) is 44.9 Å². The fraction of sp³-hybridized carbons (Fsp3) is 0.429. The zero-order valence-electron chi connectivity index (χ0n) is 15.2. The molecule has 1 saturated heterocycles. The first kappa shape index (κ1) is 18.1. The Morgan fingerprint density at radius 3 is 1.88 bits per heavy atom. The summed E-state index contributed by atoms with van der Waals surface area (Å²) in [6.45, 7) is 7.56. The number of aliphatic hydroxyl groups excluding tert-OH is 1. The highest BCUT2D eigenvalue weighted by Crippen LogP contribution is 2.32. The summed E-state index contributed by atoms with van der Waals surface area (Å²) in [5.74, 6) is 0. The Labute approximate surface area is 150 Å². The van der Waals surface area contributed by atoms with Crippen LogP contribution in [-0.2, 0) is 4.74 Å². The van der Waals surface area contributed by atoms with Gasteiger partial charge in [-0.3, -0.25) is 10.2 Å². The van der Waals surface area contributed by atoms with Crippen LogP contribution in [0.5, 0.6) is 0 Å². The number of likely N-dealkylation sites (tertiary alicyclic amines) is 1. The van der Waals surface area contributed by atoms with Gasteiger partial charge >= 0.3 is 0 Å². The van der Waals surface area contributed by atoms with Gasteiger partial charge in [0.1, 0.15) is 0 Å². The maximum absolute atomic E-state index is 10.0. The summed E-state index contributed by atoms with van der Waals surface area (Å²) in [5, 5.41) is 13.2. The van der Waals surface area contributed by atoms with E-state index in [9.17, 15) is 5.11 Å². The number of benzene rings is 2. The molecule has 0 amide bonds. The minimum atomic E-state index is -0.931. The van der Waals surface area contributed by atoms with Crippen molar-refractivity contribution in [2.75, 3.05) is 13.1 Å². The number of hydrogen-bond donors (Lipinski definition) is 2. The highest BCUT2D eigenvalue weighted by atomic mass is 16.6. The van der Waals surface area contributed by atoms with Crippen molar-refractivity contribution in [3.05, 3.63) is 71.8 Å². The number of nitrogens with zero attached hydrogens (tertiary/aromatic N) is 1. The van der Waals surface area contributed by atoms with Gasteiger partial charge in [0.25, 0.3) is 0 Å². The topological polar surface area (TPSA) is 44.7 Å². The molecular formula is C21H28N2O2. The Bertz CT molecular complexity index is 609. The van der Waals surface area contributed by atoms with Gasteiger partial charge in [-0.05, 0) is 31.9 Å². The van der Waals surface area contributed by atoms with E-state index in [0.29, 0.717) is 0 Å². The van der Waals surface area contributed by atoms with E-state index in [-0.39, 0.29) is 17.7 Å². The number of rotatable bonds is 6. The SMILES string of the molecule is CC(C)(C)OC(O)NC1CN(C(c2ccccc2)c2ccccc2)C1. The first-order valence-corrected chi connectivity index (χ1v) is 8.88. The smallest absolute Gasteiger partial charge is 0.214 e. The van der Waals surface area contributed by atoms with Crippen LogP contribution in [0.15, 0.2) is 60.7 Å². The number of hydrogen-bond acceptors (Lipinski definition) is 4. The Morgan fingerprint density at radius 2 is 1.44 bits per heavy atom. The van der Waals surface area contributed by atoms with Crippen LogP contribution in [0.1, 0.15) is 37.9 Å². The molecule has 1 atom stereocenters.